The Morgan fingerprint density at radius 3 is 2.00 bits per heavy atom. The molecule has 0 unspecified atom stereocenters. The van der Waals surface area contributed by atoms with E-state index in [-0.39, 0.29) is 23.9 Å². The van der Waals surface area contributed by atoms with Gasteiger partial charge in [-0.1, -0.05) is 12.8 Å². The molecule has 1 saturated carbocycles. The van der Waals surface area contributed by atoms with Crippen LogP contribution in [-0.2, 0) is 14.4 Å². The molecule has 2 fully saturated rings. The van der Waals surface area contributed by atoms with E-state index in [1.54, 1.807) is 0 Å². The Morgan fingerprint density at radius 2 is 1.67 bits per heavy atom. The highest BCUT2D eigenvalue weighted by atomic mass is 16.9. The molecular weight excluding hydrogens is 236 g/mol. The molecule has 0 aromatic carbocycles. The number of imide groups is 1. The molecule has 1 saturated heterocycles. The van der Waals surface area contributed by atoms with Gasteiger partial charge in [-0.05, 0) is 19.8 Å². The third-order valence-corrected chi connectivity index (χ3v) is 3.18. The summed E-state index contributed by atoms with van der Waals surface area (Å²) in [5.41, 5.74) is 0. The lowest BCUT2D eigenvalue weighted by Crippen LogP contribution is -2.38. The summed E-state index contributed by atoms with van der Waals surface area (Å²) in [5.74, 6) is -0.265. The Bertz CT molecular complexity index is 381. The number of rotatable bonds is 2. The van der Waals surface area contributed by atoms with Gasteiger partial charge < -0.3 is 4.84 Å². The van der Waals surface area contributed by atoms with Crippen LogP contribution in [0.1, 0.15) is 32.6 Å². The van der Waals surface area contributed by atoms with Crippen LogP contribution in [0.2, 0.25) is 0 Å². The molecule has 0 bridgehead atoms. The van der Waals surface area contributed by atoms with Gasteiger partial charge in [-0.25, -0.2) is 4.79 Å². The summed E-state index contributed by atoms with van der Waals surface area (Å²) in [6.45, 7) is 2.52. The average molecular weight is 252 g/mol. The second-order valence-electron chi connectivity index (χ2n) is 4.37. The minimum atomic E-state index is -0.211. The van der Waals surface area contributed by atoms with Gasteiger partial charge in [0.25, 0.3) is 11.8 Å². The Morgan fingerprint density at radius 1 is 1.17 bits per heavy atom. The van der Waals surface area contributed by atoms with Crippen LogP contribution in [0.3, 0.4) is 0 Å². The molecule has 3 aliphatic rings. The molecule has 3 rings (SSSR count). The van der Waals surface area contributed by atoms with Crippen LogP contribution in [0.5, 0.6) is 0 Å². The highest BCUT2D eigenvalue weighted by Crippen LogP contribution is 2.25. The predicted molar refractivity (Wildman–Crippen MR) is 62.1 cm³/mol. The fourth-order valence-electron chi connectivity index (χ4n) is 2.20. The average Bonchev–Trinajstić information content (AvgIpc) is 2.76. The maximum atomic E-state index is 11.2. The summed E-state index contributed by atoms with van der Waals surface area (Å²) >= 11 is 0. The second-order valence-corrected chi connectivity index (χ2v) is 4.37. The van der Waals surface area contributed by atoms with E-state index in [1.165, 1.54) is 22.1 Å². The number of amides is 3. The lowest BCUT2D eigenvalue weighted by atomic mass is 10.2. The first-order valence-electron chi connectivity index (χ1n) is 6.18. The molecule has 0 atom stereocenters. The van der Waals surface area contributed by atoms with E-state index in [2.05, 4.69) is 4.84 Å². The number of hydroxylamine groups is 2. The summed E-state index contributed by atoms with van der Waals surface area (Å²) < 4.78 is 0. The zero-order valence-corrected chi connectivity index (χ0v) is 10.3. The van der Waals surface area contributed by atoms with E-state index in [4.69, 9.17) is 0 Å². The van der Waals surface area contributed by atoms with Crippen molar-refractivity contribution in [1.29, 1.82) is 0 Å². The van der Waals surface area contributed by atoms with Crippen LogP contribution in [0.25, 0.3) is 0 Å². The fourth-order valence-corrected chi connectivity index (χ4v) is 2.20. The largest absolute Gasteiger partial charge is 0.468 e. The molecule has 0 aromatic heterocycles. The quantitative estimate of drug-likeness (QED) is 0.547. The summed E-state index contributed by atoms with van der Waals surface area (Å²) in [6.07, 6.45) is 6.76. The predicted octanol–water partition coefficient (Wildman–Crippen LogP) is 1.23. The Hall–Kier alpha value is -1.85. The van der Waals surface area contributed by atoms with Crippen molar-refractivity contribution in [1.82, 2.24) is 9.96 Å². The summed E-state index contributed by atoms with van der Waals surface area (Å²) in [6, 6.07) is 0.181. The molecule has 6 nitrogen and oxygen atoms in total. The number of carbonyl (C=O) groups is 3. The van der Waals surface area contributed by atoms with Crippen LogP contribution in [-0.4, -0.2) is 40.5 Å². The van der Waals surface area contributed by atoms with E-state index in [0.717, 1.165) is 25.7 Å². The molecule has 1 aliphatic carbocycles. The van der Waals surface area contributed by atoms with Gasteiger partial charge in [-0.2, -0.15) is 0 Å². The van der Waals surface area contributed by atoms with Crippen LogP contribution < -0.4 is 0 Å². The normalized spacial score (nSPS) is 22.2. The summed E-state index contributed by atoms with van der Waals surface area (Å²) in [5, 5.41) is 1.28. The van der Waals surface area contributed by atoms with Crippen molar-refractivity contribution in [3.05, 3.63) is 12.2 Å². The van der Waals surface area contributed by atoms with E-state index in [1.807, 2.05) is 6.92 Å². The zero-order valence-electron chi connectivity index (χ0n) is 10.3. The van der Waals surface area contributed by atoms with Gasteiger partial charge in [-0.15, -0.1) is 5.06 Å². The topological polar surface area (TPSA) is 70.0 Å². The number of nitrogens with zero attached hydrogens (tertiary/aromatic N) is 2. The van der Waals surface area contributed by atoms with Crippen molar-refractivity contribution in [3.63, 3.8) is 0 Å². The van der Waals surface area contributed by atoms with Gasteiger partial charge in [-0.3, -0.25) is 14.5 Å². The minimum absolute atomic E-state index is 0.132. The van der Waals surface area contributed by atoms with Gasteiger partial charge in [0.2, 0.25) is 0 Å². The molecule has 98 valence electrons. The van der Waals surface area contributed by atoms with Crippen molar-refractivity contribution in [2.45, 2.75) is 38.6 Å². The summed E-state index contributed by atoms with van der Waals surface area (Å²) in [7, 11) is 0. The van der Waals surface area contributed by atoms with Gasteiger partial charge in [0.15, 0.2) is 0 Å². The molecule has 0 radical (unpaired) electrons. The fraction of sp³-hybridized carbons (Fsp3) is 0.583. The SMILES string of the molecule is CCN1OC1=O.O=C1C=CC(=O)N1C1CCCC1. The van der Waals surface area contributed by atoms with Crippen LogP contribution >= 0.6 is 0 Å². The maximum Gasteiger partial charge on any atom is 0.468 e. The standard InChI is InChI=1S/C9H11NO2.C3H5NO2/c11-8-5-6-9(12)10(8)7-3-1-2-4-7;1-2-4-3(5)6-4/h5-7H,1-4H2;2H2,1H3. The van der Waals surface area contributed by atoms with Gasteiger partial charge in [0, 0.05) is 18.2 Å². The first-order valence-corrected chi connectivity index (χ1v) is 6.18. The molecule has 2 aliphatic heterocycles. The van der Waals surface area contributed by atoms with E-state index in [9.17, 15) is 14.4 Å². The van der Waals surface area contributed by atoms with E-state index >= 15 is 0 Å². The Kier molecular flexibility index (Phi) is 3.64. The Labute approximate surface area is 105 Å². The highest BCUT2D eigenvalue weighted by Gasteiger charge is 2.32. The van der Waals surface area contributed by atoms with Crippen LogP contribution in [0.15, 0.2) is 12.2 Å². The van der Waals surface area contributed by atoms with Crippen molar-refractivity contribution in [2.75, 3.05) is 6.54 Å². The van der Waals surface area contributed by atoms with Crippen LogP contribution in [0, 0.1) is 0 Å². The molecular formula is C12H16N2O4. The monoisotopic (exact) mass is 252 g/mol. The van der Waals surface area contributed by atoms with Crippen molar-refractivity contribution >= 4 is 17.9 Å². The molecule has 0 spiro atoms. The number of hydrogen-bond donors (Lipinski definition) is 0. The highest BCUT2D eigenvalue weighted by molar-refractivity contribution is 6.13. The lowest BCUT2D eigenvalue weighted by Gasteiger charge is -2.20. The molecule has 0 N–H and O–H groups in total. The van der Waals surface area contributed by atoms with Gasteiger partial charge in [0.1, 0.15) is 0 Å². The van der Waals surface area contributed by atoms with E-state index < -0.39 is 0 Å². The first kappa shape index (κ1) is 12.6. The summed E-state index contributed by atoms with van der Waals surface area (Å²) in [4.78, 5) is 37.9. The zero-order chi connectivity index (χ0) is 13.1. The minimum Gasteiger partial charge on any atom is -0.314 e. The lowest BCUT2D eigenvalue weighted by molar-refractivity contribution is -0.139. The third-order valence-electron chi connectivity index (χ3n) is 3.18. The van der Waals surface area contributed by atoms with Crippen molar-refractivity contribution in [3.8, 4) is 0 Å². The van der Waals surface area contributed by atoms with Gasteiger partial charge in [0.05, 0.1) is 6.54 Å². The van der Waals surface area contributed by atoms with Gasteiger partial charge >= 0.3 is 6.09 Å². The van der Waals surface area contributed by atoms with Crippen LogP contribution in [0.4, 0.5) is 4.79 Å². The van der Waals surface area contributed by atoms with E-state index in [0.29, 0.717) is 6.54 Å². The third kappa shape index (κ3) is 2.69. The Balaban J connectivity index is 0.000000169. The molecule has 2 heterocycles. The molecule has 6 heteroatoms. The molecule has 0 aromatic rings. The molecule has 18 heavy (non-hydrogen) atoms. The van der Waals surface area contributed by atoms with Crippen molar-refractivity contribution in [2.24, 2.45) is 0 Å². The van der Waals surface area contributed by atoms with Crippen molar-refractivity contribution < 1.29 is 19.2 Å². The smallest absolute Gasteiger partial charge is 0.314 e. The first-order chi connectivity index (χ1) is 8.63. The number of carbonyl (C=O) groups excluding carboxylic acids is 3. The molecule has 3 amide bonds. The second kappa shape index (κ2) is 5.20. The number of hydrogen-bond acceptors (Lipinski definition) is 4. The maximum absolute atomic E-state index is 11.2.